The van der Waals surface area contributed by atoms with Crippen LogP contribution in [0.25, 0.3) is 0 Å². The molecule has 1 amide bonds. The van der Waals surface area contributed by atoms with E-state index in [0.717, 1.165) is 0 Å². The predicted molar refractivity (Wildman–Crippen MR) is 84.8 cm³/mol. The van der Waals surface area contributed by atoms with Crippen LogP contribution in [0.5, 0.6) is 0 Å². The van der Waals surface area contributed by atoms with Crippen LogP contribution in [0.3, 0.4) is 0 Å². The van der Waals surface area contributed by atoms with Crippen molar-refractivity contribution in [2.75, 3.05) is 7.05 Å². The number of amides is 1. The van der Waals surface area contributed by atoms with Crippen molar-refractivity contribution >= 4 is 11.6 Å². The van der Waals surface area contributed by atoms with Gasteiger partial charge in [0, 0.05) is 24.7 Å². The summed E-state index contributed by atoms with van der Waals surface area (Å²) in [5.41, 5.74) is 1.62. The lowest BCUT2D eigenvalue weighted by atomic mass is 10.0. The number of nitro benzene ring substituents is 1. The molecular weight excluding hydrogens is 294 g/mol. The van der Waals surface area contributed by atoms with Gasteiger partial charge in [0.25, 0.3) is 11.6 Å². The molecule has 0 saturated heterocycles. The first-order chi connectivity index (χ1) is 10.9. The molecule has 1 atom stereocenters. The van der Waals surface area contributed by atoms with Crippen molar-refractivity contribution in [3.05, 3.63) is 75.3 Å². The van der Waals surface area contributed by atoms with Gasteiger partial charge in [-0.3, -0.25) is 14.9 Å². The van der Waals surface area contributed by atoms with E-state index in [1.807, 2.05) is 6.07 Å². The van der Waals surface area contributed by atoms with E-state index in [4.69, 9.17) is 5.26 Å². The summed E-state index contributed by atoms with van der Waals surface area (Å²) in [5.74, 6) is -0.214. The Labute approximate surface area is 133 Å². The Kier molecular flexibility index (Phi) is 4.72. The number of benzene rings is 2. The summed E-state index contributed by atoms with van der Waals surface area (Å²) in [5, 5.41) is 19.6. The number of nitrogens with zero attached hydrogens (tertiary/aromatic N) is 3. The number of nitriles is 1. The molecule has 6 nitrogen and oxygen atoms in total. The van der Waals surface area contributed by atoms with Crippen molar-refractivity contribution in [3.8, 4) is 6.07 Å². The van der Waals surface area contributed by atoms with Crippen molar-refractivity contribution < 1.29 is 9.72 Å². The molecule has 2 rings (SSSR count). The van der Waals surface area contributed by atoms with Crippen molar-refractivity contribution in [2.45, 2.75) is 13.0 Å². The van der Waals surface area contributed by atoms with Gasteiger partial charge >= 0.3 is 0 Å². The smallest absolute Gasteiger partial charge is 0.269 e. The highest BCUT2D eigenvalue weighted by molar-refractivity contribution is 5.94. The summed E-state index contributed by atoms with van der Waals surface area (Å²) in [6.07, 6.45) is 0. The molecule has 0 aliphatic rings. The Balaban J connectivity index is 2.22. The average Bonchev–Trinajstić information content (AvgIpc) is 2.60. The molecule has 6 heteroatoms. The molecule has 0 aliphatic heterocycles. The van der Waals surface area contributed by atoms with Crippen molar-refractivity contribution in [1.82, 2.24) is 4.90 Å². The molecule has 0 heterocycles. The zero-order valence-electron chi connectivity index (χ0n) is 12.8. The minimum atomic E-state index is -0.460. The Morgan fingerprint density at radius 3 is 2.48 bits per heavy atom. The Morgan fingerprint density at radius 1 is 1.26 bits per heavy atom. The zero-order chi connectivity index (χ0) is 17.0. The first kappa shape index (κ1) is 16.2. The first-order valence-electron chi connectivity index (χ1n) is 6.95. The van der Waals surface area contributed by atoms with Crippen LogP contribution in [0.4, 0.5) is 5.69 Å². The van der Waals surface area contributed by atoms with Crippen LogP contribution in [0.15, 0.2) is 48.5 Å². The highest BCUT2D eigenvalue weighted by Gasteiger charge is 2.20. The van der Waals surface area contributed by atoms with Gasteiger partial charge in [0.15, 0.2) is 0 Å². The molecule has 0 aromatic heterocycles. The molecular formula is C17H15N3O3. The molecule has 0 radical (unpaired) electrons. The topological polar surface area (TPSA) is 87.2 Å². The third-order valence-corrected chi connectivity index (χ3v) is 3.73. The molecule has 0 spiro atoms. The molecule has 116 valence electrons. The van der Waals surface area contributed by atoms with E-state index in [1.165, 1.54) is 17.0 Å². The molecule has 0 unspecified atom stereocenters. The molecule has 2 aromatic carbocycles. The fourth-order valence-corrected chi connectivity index (χ4v) is 2.19. The van der Waals surface area contributed by atoms with Crippen LogP contribution in [-0.2, 0) is 0 Å². The minimum absolute atomic E-state index is 0.00595. The molecule has 2 aromatic rings. The van der Waals surface area contributed by atoms with Crippen molar-refractivity contribution in [3.63, 3.8) is 0 Å². The number of nitro groups is 1. The SMILES string of the molecule is C[C@H](c1cccc([N+](=O)[O-])c1)N(C)C(=O)c1ccc(C#N)cc1. The number of carbonyl (C=O) groups is 1. The van der Waals surface area contributed by atoms with E-state index in [2.05, 4.69) is 0 Å². The Hall–Kier alpha value is -3.20. The van der Waals surface area contributed by atoms with Gasteiger partial charge in [-0.2, -0.15) is 5.26 Å². The largest absolute Gasteiger partial charge is 0.335 e. The maximum Gasteiger partial charge on any atom is 0.269 e. The quantitative estimate of drug-likeness (QED) is 0.640. The maximum absolute atomic E-state index is 12.5. The monoisotopic (exact) mass is 309 g/mol. The standard InChI is InChI=1S/C17H15N3O3/c1-12(15-4-3-5-16(10-15)20(22)23)19(2)17(21)14-8-6-13(11-18)7-9-14/h3-10,12H,1-2H3/t12-/m1/s1. The fraction of sp³-hybridized carbons (Fsp3) is 0.176. The van der Waals surface area contributed by atoms with E-state index in [9.17, 15) is 14.9 Å². The Bertz CT molecular complexity index is 778. The van der Waals surface area contributed by atoms with E-state index in [1.54, 1.807) is 50.4 Å². The normalized spacial score (nSPS) is 11.3. The second kappa shape index (κ2) is 6.71. The number of hydrogen-bond acceptors (Lipinski definition) is 4. The summed E-state index contributed by atoms with van der Waals surface area (Å²) in [7, 11) is 1.64. The molecule has 0 saturated carbocycles. The summed E-state index contributed by atoms with van der Waals surface area (Å²) >= 11 is 0. The lowest BCUT2D eigenvalue weighted by Crippen LogP contribution is -2.29. The number of hydrogen-bond donors (Lipinski definition) is 0. The van der Waals surface area contributed by atoms with Gasteiger partial charge in [-0.1, -0.05) is 12.1 Å². The van der Waals surface area contributed by atoms with Crippen LogP contribution in [0.1, 0.15) is 34.5 Å². The predicted octanol–water partition coefficient (Wildman–Crippen LogP) is 3.30. The fourth-order valence-electron chi connectivity index (χ4n) is 2.19. The third-order valence-electron chi connectivity index (χ3n) is 3.73. The van der Waals surface area contributed by atoms with Crippen molar-refractivity contribution in [2.24, 2.45) is 0 Å². The van der Waals surface area contributed by atoms with Crippen LogP contribution < -0.4 is 0 Å². The summed E-state index contributed by atoms with van der Waals surface area (Å²) in [4.78, 5) is 24.4. The molecule has 0 bridgehead atoms. The molecule has 0 fully saturated rings. The number of rotatable bonds is 4. The Morgan fingerprint density at radius 2 is 1.91 bits per heavy atom. The molecule has 0 N–H and O–H groups in total. The van der Waals surface area contributed by atoms with Crippen LogP contribution in [-0.4, -0.2) is 22.8 Å². The average molecular weight is 309 g/mol. The molecule has 23 heavy (non-hydrogen) atoms. The third kappa shape index (κ3) is 3.52. The van der Waals surface area contributed by atoms with Crippen LogP contribution in [0, 0.1) is 21.4 Å². The minimum Gasteiger partial charge on any atom is -0.335 e. The second-order valence-electron chi connectivity index (χ2n) is 5.13. The number of carbonyl (C=O) groups excluding carboxylic acids is 1. The van der Waals surface area contributed by atoms with Gasteiger partial charge in [-0.15, -0.1) is 0 Å². The van der Waals surface area contributed by atoms with E-state index in [-0.39, 0.29) is 17.6 Å². The van der Waals surface area contributed by atoms with Gasteiger partial charge in [0.2, 0.25) is 0 Å². The second-order valence-corrected chi connectivity index (χ2v) is 5.13. The van der Waals surface area contributed by atoms with E-state index in [0.29, 0.717) is 16.7 Å². The van der Waals surface area contributed by atoms with Gasteiger partial charge in [-0.05, 0) is 36.8 Å². The lowest BCUT2D eigenvalue weighted by Gasteiger charge is -2.25. The van der Waals surface area contributed by atoms with Gasteiger partial charge in [-0.25, -0.2) is 0 Å². The van der Waals surface area contributed by atoms with E-state index >= 15 is 0 Å². The zero-order valence-corrected chi connectivity index (χ0v) is 12.8. The lowest BCUT2D eigenvalue weighted by molar-refractivity contribution is -0.384. The summed E-state index contributed by atoms with van der Waals surface area (Å²) in [6, 6.07) is 14.3. The highest BCUT2D eigenvalue weighted by Crippen LogP contribution is 2.24. The maximum atomic E-state index is 12.5. The van der Waals surface area contributed by atoms with Gasteiger partial charge in [0.1, 0.15) is 0 Å². The van der Waals surface area contributed by atoms with Crippen LogP contribution in [0.2, 0.25) is 0 Å². The van der Waals surface area contributed by atoms with Gasteiger partial charge < -0.3 is 4.90 Å². The number of non-ortho nitro benzene ring substituents is 1. The molecule has 0 aliphatic carbocycles. The van der Waals surface area contributed by atoms with Crippen molar-refractivity contribution in [1.29, 1.82) is 5.26 Å². The summed E-state index contributed by atoms with van der Waals surface area (Å²) < 4.78 is 0. The first-order valence-corrected chi connectivity index (χ1v) is 6.95. The van der Waals surface area contributed by atoms with Crippen LogP contribution >= 0.6 is 0 Å². The van der Waals surface area contributed by atoms with E-state index < -0.39 is 4.92 Å². The van der Waals surface area contributed by atoms with Gasteiger partial charge in [0.05, 0.1) is 22.6 Å². The summed E-state index contributed by atoms with van der Waals surface area (Å²) in [6.45, 7) is 1.81. The highest BCUT2D eigenvalue weighted by atomic mass is 16.6.